The first kappa shape index (κ1) is 25.0. The van der Waals surface area contributed by atoms with Crippen LogP contribution in [-0.2, 0) is 26.3 Å². The zero-order valence-corrected chi connectivity index (χ0v) is 22.6. The summed E-state index contributed by atoms with van der Waals surface area (Å²) in [5, 5.41) is 3.13. The molecule has 37 heavy (non-hydrogen) atoms. The van der Waals surface area contributed by atoms with Crippen molar-refractivity contribution in [2.24, 2.45) is 7.05 Å². The fourth-order valence-corrected chi connectivity index (χ4v) is 6.05. The van der Waals surface area contributed by atoms with E-state index in [1.807, 2.05) is 74.7 Å². The predicted octanol–water partition coefficient (Wildman–Crippen LogP) is 5.61. The fraction of sp³-hybridized carbons (Fsp3) is 0.300. The summed E-state index contributed by atoms with van der Waals surface area (Å²) < 4.78 is 1.62. The van der Waals surface area contributed by atoms with Crippen LogP contribution < -0.4 is 15.8 Å². The van der Waals surface area contributed by atoms with Gasteiger partial charge >= 0.3 is 0 Å². The summed E-state index contributed by atoms with van der Waals surface area (Å²) >= 11 is 1.62. The van der Waals surface area contributed by atoms with Crippen molar-refractivity contribution in [3.63, 3.8) is 0 Å². The molecule has 7 heteroatoms. The Hall–Kier alpha value is -3.71. The lowest BCUT2D eigenvalue weighted by Crippen LogP contribution is -2.21. The molecule has 3 heterocycles. The van der Waals surface area contributed by atoms with Gasteiger partial charge in [0, 0.05) is 55.6 Å². The van der Waals surface area contributed by atoms with E-state index in [1.54, 1.807) is 23.0 Å². The molecule has 3 aromatic heterocycles. The van der Waals surface area contributed by atoms with Crippen LogP contribution in [0.15, 0.2) is 59.7 Å². The molecule has 5 rings (SSSR count). The molecule has 1 N–H and O–H groups in total. The lowest BCUT2D eigenvalue weighted by atomic mass is 9.98. The number of thiophene rings is 1. The molecule has 0 fully saturated rings. The number of nitrogens with one attached hydrogen (secondary N) is 1. The average Bonchev–Trinajstić information content (AvgIpc) is 3.33. The number of benzene rings is 1. The van der Waals surface area contributed by atoms with E-state index in [4.69, 9.17) is 0 Å². The van der Waals surface area contributed by atoms with E-state index < -0.39 is 0 Å². The summed E-state index contributed by atoms with van der Waals surface area (Å²) in [7, 11) is 5.72. The Morgan fingerprint density at radius 1 is 1.14 bits per heavy atom. The summed E-state index contributed by atoms with van der Waals surface area (Å²) in [5.74, 6) is -0.0620. The van der Waals surface area contributed by atoms with E-state index in [0.29, 0.717) is 12.0 Å². The number of aromatic nitrogens is 2. The Bertz CT molecular complexity index is 1490. The van der Waals surface area contributed by atoms with Crippen LogP contribution in [0.1, 0.15) is 49.8 Å². The van der Waals surface area contributed by atoms with Gasteiger partial charge in [-0.2, -0.15) is 0 Å². The van der Waals surface area contributed by atoms with E-state index in [-0.39, 0.29) is 11.5 Å². The monoisotopic (exact) mass is 512 g/mol. The molecule has 4 aromatic rings. The van der Waals surface area contributed by atoms with Crippen LogP contribution in [0.4, 0.5) is 11.4 Å². The van der Waals surface area contributed by atoms with Crippen LogP contribution in [0.5, 0.6) is 0 Å². The lowest BCUT2D eigenvalue weighted by molar-refractivity contribution is 0.103. The minimum atomic E-state index is -0.0620. The molecule has 0 aliphatic heterocycles. The highest BCUT2D eigenvalue weighted by molar-refractivity contribution is 7.14. The molecule has 1 aromatic carbocycles. The van der Waals surface area contributed by atoms with Gasteiger partial charge in [0.1, 0.15) is 0 Å². The van der Waals surface area contributed by atoms with Crippen LogP contribution in [-0.4, -0.2) is 29.6 Å². The number of rotatable bonds is 6. The van der Waals surface area contributed by atoms with Gasteiger partial charge in [-0.1, -0.05) is 12.1 Å². The molecule has 0 atom stereocenters. The highest BCUT2D eigenvalue weighted by Gasteiger charge is 2.19. The van der Waals surface area contributed by atoms with E-state index in [1.165, 1.54) is 23.3 Å². The summed E-state index contributed by atoms with van der Waals surface area (Å²) in [5.41, 5.74) is 7.50. The minimum absolute atomic E-state index is 0.0361. The maximum absolute atomic E-state index is 13.1. The highest BCUT2D eigenvalue weighted by atomic mass is 32.1. The molecular weight excluding hydrogens is 480 g/mol. The van der Waals surface area contributed by atoms with E-state index in [2.05, 4.69) is 16.4 Å². The van der Waals surface area contributed by atoms with Gasteiger partial charge in [-0.15, -0.1) is 11.3 Å². The lowest BCUT2D eigenvalue weighted by Gasteiger charge is -2.15. The fourth-order valence-electron chi connectivity index (χ4n) is 4.91. The van der Waals surface area contributed by atoms with Gasteiger partial charge in [-0.05, 0) is 85.2 Å². The van der Waals surface area contributed by atoms with Crippen molar-refractivity contribution >= 4 is 28.6 Å². The van der Waals surface area contributed by atoms with E-state index in [0.717, 1.165) is 51.5 Å². The number of fused-ring (bicyclic) bond motifs is 1. The van der Waals surface area contributed by atoms with Crippen molar-refractivity contribution in [1.29, 1.82) is 0 Å². The van der Waals surface area contributed by atoms with Crippen LogP contribution in [0.2, 0.25) is 0 Å². The van der Waals surface area contributed by atoms with Crippen LogP contribution in [0.25, 0.3) is 11.1 Å². The number of pyridine rings is 2. The Kier molecular flexibility index (Phi) is 6.98. The summed E-state index contributed by atoms with van der Waals surface area (Å²) in [6.07, 6.45) is 8.68. The quantitative estimate of drug-likeness (QED) is 0.365. The maximum Gasteiger partial charge on any atom is 0.265 e. The average molecular weight is 513 g/mol. The molecule has 0 unspecified atom stereocenters. The summed E-state index contributed by atoms with van der Waals surface area (Å²) in [4.78, 5) is 34.7. The molecule has 1 aliphatic rings. The van der Waals surface area contributed by atoms with Crippen LogP contribution in [0, 0.1) is 6.92 Å². The number of nitrogens with zero attached hydrogens (tertiary/aromatic N) is 3. The van der Waals surface area contributed by atoms with Gasteiger partial charge in [0.05, 0.1) is 16.8 Å². The molecule has 1 amide bonds. The maximum atomic E-state index is 13.1. The molecule has 0 saturated heterocycles. The molecule has 0 bridgehead atoms. The van der Waals surface area contributed by atoms with Crippen LogP contribution in [0.3, 0.4) is 0 Å². The molecule has 0 radical (unpaired) electrons. The predicted molar refractivity (Wildman–Crippen MR) is 152 cm³/mol. The van der Waals surface area contributed by atoms with Crippen molar-refractivity contribution in [3.8, 4) is 11.1 Å². The third kappa shape index (κ3) is 5.23. The van der Waals surface area contributed by atoms with Gasteiger partial charge in [0.15, 0.2) is 0 Å². The number of aryl methyl sites for hydroxylation is 3. The number of carbonyl (C=O) groups is 1. The van der Waals surface area contributed by atoms with Crippen molar-refractivity contribution in [2.45, 2.75) is 39.0 Å². The first-order valence-electron chi connectivity index (χ1n) is 12.6. The Morgan fingerprint density at radius 2 is 1.95 bits per heavy atom. The van der Waals surface area contributed by atoms with E-state index in [9.17, 15) is 9.59 Å². The topological polar surface area (TPSA) is 67.2 Å². The standard InChI is InChI=1S/C30H32N4O2S/c1-19-25(9-7-10-26(19)32-29(35)28-16-20-8-5-6-11-27(20)37-28)22-14-21(30(36)34(4)18-22)15-23-12-13-24(17-31-23)33(2)3/h7,9-10,12-14,16-18H,5-6,8,11,15H2,1-4H3,(H,32,35). The van der Waals surface area contributed by atoms with Gasteiger partial charge < -0.3 is 14.8 Å². The van der Waals surface area contributed by atoms with Crippen molar-refractivity contribution in [1.82, 2.24) is 9.55 Å². The second-order valence-corrected chi connectivity index (χ2v) is 11.1. The van der Waals surface area contributed by atoms with Crippen molar-refractivity contribution < 1.29 is 4.79 Å². The SMILES string of the molecule is Cc1c(NC(=O)c2cc3c(s2)CCCC3)cccc1-c1cc(Cc2ccc(N(C)C)cn2)c(=O)n(C)c1. The highest BCUT2D eigenvalue weighted by Crippen LogP contribution is 2.32. The zero-order valence-electron chi connectivity index (χ0n) is 21.8. The summed E-state index contributed by atoms with van der Waals surface area (Å²) in [6, 6.07) is 13.9. The number of amides is 1. The first-order chi connectivity index (χ1) is 17.8. The Morgan fingerprint density at radius 3 is 2.68 bits per heavy atom. The Balaban J connectivity index is 1.42. The van der Waals surface area contributed by atoms with Gasteiger partial charge in [0.2, 0.25) is 0 Å². The third-order valence-electron chi connectivity index (χ3n) is 7.07. The number of carbonyl (C=O) groups excluding carboxylic acids is 1. The zero-order chi connectivity index (χ0) is 26.1. The largest absolute Gasteiger partial charge is 0.376 e. The van der Waals surface area contributed by atoms with Gasteiger partial charge in [0.25, 0.3) is 11.5 Å². The summed E-state index contributed by atoms with van der Waals surface area (Å²) in [6.45, 7) is 2.01. The van der Waals surface area contributed by atoms with E-state index >= 15 is 0 Å². The number of hydrogen-bond acceptors (Lipinski definition) is 5. The van der Waals surface area contributed by atoms with Gasteiger partial charge in [-0.25, -0.2) is 0 Å². The normalized spacial score (nSPS) is 12.8. The molecule has 0 spiro atoms. The number of hydrogen-bond donors (Lipinski definition) is 1. The smallest absolute Gasteiger partial charge is 0.265 e. The van der Waals surface area contributed by atoms with Crippen molar-refractivity contribution in [3.05, 3.63) is 97.4 Å². The second-order valence-electron chi connectivity index (χ2n) is 9.95. The first-order valence-corrected chi connectivity index (χ1v) is 13.5. The molecule has 6 nitrogen and oxygen atoms in total. The Labute approximate surface area is 221 Å². The number of anilines is 2. The van der Waals surface area contributed by atoms with Crippen LogP contribution >= 0.6 is 11.3 Å². The molecule has 0 saturated carbocycles. The molecule has 1 aliphatic carbocycles. The third-order valence-corrected chi connectivity index (χ3v) is 8.30. The molecule has 190 valence electrons. The minimum Gasteiger partial charge on any atom is -0.376 e. The second kappa shape index (κ2) is 10.3. The van der Waals surface area contributed by atoms with Crippen molar-refractivity contribution in [2.75, 3.05) is 24.3 Å². The molecular formula is C30H32N4O2S. The van der Waals surface area contributed by atoms with Gasteiger partial charge in [-0.3, -0.25) is 14.6 Å².